The third kappa shape index (κ3) is 3.03. The van der Waals surface area contributed by atoms with Gasteiger partial charge in [-0.15, -0.1) is 0 Å². The van der Waals surface area contributed by atoms with Crippen molar-refractivity contribution in [1.82, 2.24) is 0 Å². The van der Waals surface area contributed by atoms with Crippen LogP contribution in [0.15, 0.2) is 23.2 Å². The summed E-state index contributed by atoms with van der Waals surface area (Å²) in [6, 6.07) is 6.82. The zero-order valence-electron chi connectivity index (χ0n) is 13.9. The molecule has 0 spiro atoms. The maximum absolute atomic E-state index is 12.2. The Morgan fingerprint density at radius 2 is 2.12 bits per heavy atom. The number of benzene rings is 1. The normalized spacial score (nSPS) is 29.7. The molecule has 6 heteroatoms. The summed E-state index contributed by atoms with van der Waals surface area (Å²) in [6.07, 6.45) is 1.45. The molecular formula is C18H20Cl2N2O2. The van der Waals surface area contributed by atoms with Crippen molar-refractivity contribution < 1.29 is 9.90 Å². The zero-order valence-corrected chi connectivity index (χ0v) is 15.4. The third-order valence-electron chi connectivity index (χ3n) is 4.94. The Balaban J connectivity index is 2.73. The second kappa shape index (κ2) is 7.13. The van der Waals surface area contributed by atoms with Gasteiger partial charge in [-0.25, -0.2) is 0 Å². The summed E-state index contributed by atoms with van der Waals surface area (Å²) in [5.74, 6) is -2.19. The van der Waals surface area contributed by atoms with Crippen molar-refractivity contribution in [2.24, 2.45) is 16.3 Å². The number of carboxylic acids is 1. The highest BCUT2D eigenvalue weighted by atomic mass is 35.5. The van der Waals surface area contributed by atoms with E-state index in [-0.39, 0.29) is 0 Å². The summed E-state index contributed by atoms with van der Waals surface area (Å²) in [5.41, 5.74) is 0.0754. The number of rotatable bonds is 4. The Kier molecular flexibility index (Phi) is 5.57. The molecule has 0 saturated carbocycles. The second-order valence-corrected chi connectivity index (χ2v) is 7.26. The highest BCUT2D eigenvalue weighted by Gasteiger charge is 2.55. The Morgan fingerprint density at radius 3 is 2.62 bits per heavy atom. The van der Waals surface area contributed by atoms with Crippen molar-refractivity contribution in [3.8, 4) is 6.07 Å². The first-order valence-electron chi connectivity index (χ1n) is 7.89. The molecule has 4 atom stereocenters. The Labute approximate surface area is 152 Å². The van der Waals surface area contributed by atoms with Crippen LogP contribution in [0.1, 0.15) is 45.1 Å². The second-order valence-electron chi connectivity index (χ2n) is 6.41. The predicted molar refractivity (Wildman–Crippen MR) is 95.9 cm³/mol. The summed E-state index contributed by atoms with van der Waals surface area (Å²) in [6.45, 7) is 5.45. The average molecular weight is 367 g/mol. The minimum Gasteiger partial charge on any atom is -0.481 e. The minimum atomic E-state index is -1.21. The van der Waals surface area contributed by atoms with Gasteiger partial charge in [0.1, 0.15) is 0 Å². The van der Waals surface area contributed by atoms with E-state index in [0.717, 1.165) is 6.42 Å². The number of nitriles is 1. The maximum Gasteiger partial charge on any atom is 0.312 e. The number of aliphatic carboxylic acids is 1. The van der Waals surface area contributed by atoms with E-state index in [1.165, 1.54) is 0 Å². The maximum atomic E-state index is 12.2. The molecule has 4 nitrogen and oxygen atoms in total. The van der Waals surface area contributed by atoms with E-state index < -0.39 is 29.3 Å². The van der Waals surface area contributed by atoms with Crippen molar-refractivity contribution in [3.63, 3.8) is 0 Å². The highest BCUT2D eigenvalue weighted by Crippen LogP contribution is 2.51. The van der Waals surface area contributed by atoms with Gasteiger partial charge in [-0.1, -0.05) is 42.6 Å². The monoisotopic (exact) mass is 366 g/mol. The first-order chi connectivity index (χ1) is 11.3. The molecule has 24 heavy (non-hydrogen) atoms. The van der Waals surface area contributed by atoms with Gasteiger partial charge in [-0.3, -0.25) is 9.79 Å². The SMILES string of the molecule is CCCC1N=C(C)C(C#N)C(c2ccc(Cl)cc2Cl)C1(C)C(=O)O. The Bertz CT molecular complexity index is 726. The quantitative estimate of drug-likeness (QED) is 0.818. The standard InChI is InChI=1S/C18H20Cl2N2O2/c1-4-5-15-18(3,17(23)24)16(13(9-21)10(2)22-15)12-7-6-11(19)8-14(12)20/h6-8,13,15-16H,4-5H2,1-3H3,(H,23,24). The summed E-state index contributed by atoms with van der Waals surface area (Å²) in [7, 11) is 0. The van der Waals surface area contributed by atoms with Crippen LogP contribution >= 0.6 is 23.2 Å². The Hall–Kier alpha value is -1.57. The number of nitrogens with zero attached hydrogens (tertiary/aromatic N) is 2. The van der Waals surface area contributed by atoms with Crippen LogP contribution in [0.25, 0.3) is 0 Å². The van der Waals surface area contributed by atoms with Crippen LogP contribution in [-0.4, -0.2) is 22.8 Å². The molecule has 0 bridgehead atoms. The van der Waals surface area contributed by atoms with E-state index in [1.54, 1.807) is 32.0 Å². The molecule has 2 rings (SSSR count). The first-order valence-corrected chi connectivity index (χ1v) is 8.65. The van der Waals surface area contributed by atoms with Crippen molar-refractivity contribution in [3.05, 3.63) is 33.8 Å². The van der Waals surface area contributed by atoms with Gasteiger partial charge >= 0.3 is 5.97 Å². The Morgan fingerprint density at radius 1 is 1.46 bits per heavy atom. The smallest absolute Gasteiger partial charge is 0.312 e. The molecule has 0 saturated heterocycles. The van der Waals surface area contributed by atoms with Gasteiger partial charge in [0.15, 0.2) is 0 Å². The lowest BCUT2D eigenvalue weighted by Crippen LogP contribution is -2.51. The van der Waals surface area contributed by atoms with Crippen LogP contribution in [0.3, 0.4) is 0 Å². The molecule has 1 N–H and O–H groups in total. The fourth-order valence-electron chi connectivity index (χ4n) is 3.59. The van der Waals surface area contributed by atoms with Gasteiger partial charge in [0.25, 0.3) is 0 Å². The lowest BCUT2D eigenvalue weighted by molar-refractivity contribution is -0.151. The van der Waals surface area contributed by atoms with Gasteiger partial charge in [-0.05, 0) is 38.0 Å². The van der Waals surface area contributed by atoms with Crippen LogP contribution in [0.2, 0.25) is 10.0 Å². The van der Waals surface area contributed by atoms with E-state index in [4.69, 9.17) is 23.2 Å². The van der Waals surface area contributed by atoms with E-state index in [9.17, 15) is 15.2 Å². The van der Waals surface area contributed by atoms with E-state index in [0.29, 0.717) is 27.7 Å². The summed E-state index contributed by atoms with van der Waals surface area (Å²) >= 11 is 12.3. The molecule has 128 valence electrons. The van der Waals surface area contributed by atoms with Crippen LogP contribution < -0.4 is 0 Å². The fraction of sp³-hybridized carbons (Fsp3) is 0.500. The molecule has 1 aromatic rings. The van der Waals surface area contributed by atoms with E-state index in [2.05, 4.69) is 11.1 Å². The number of hydrogen-bond donors (Lipinski definition) is 1. The molecule has 0 aromatic heterocycles. The fourth-order valence-corrected chi connectivity index (χ4v) is 4.12. The molecule has 0 aliphatic carbocycles. The molecule has 4 unspecified atom stereocenters. The van der Waals surface area contributed by atoms with Gasteiger partial charge in [0.2, 0.25) is 0 Å². The van der Waals surface area contributed by atoms with Gasteiger partial charge in [0.05, 0.1) is 23.4 Å². The summed E-state index contributed by atoms with van der Waals surface area (Å²) in [5, 5.41) is 20.6. The number of halogens is 2. The van der Waals surface area contributed by atoms with Gasteiger partial charge in [-0.2, -0.15) is 5.26 Å². The predicted octanol–water partition coefficient (Wildman–Crippen LogP) is 4.95. The minimum absolute atomic E-state index is 0.380. The number of carboxylic acid groups (broad SMARTS) is 1. The molecular weight excluding hydrogens is 347 g/mol. The largest absolute Gasteiger partial charge is 0.481 e. The number of carbonyl (C=O) groups is 1. The van der Waals surface area contributed by atoms with Crippen molar-refractivity contribution >= 4 is 34.9 Å². The molecule has 0 amide bonds. The lowest BCUT2D eigenvalue weighted by Gasteiger charge is -2.45. The molecule has 1 aliphatic rings. The third-order valence-corrected chi connectivity index (χ3v) is 5.50. The molecule has 1 heterocycles. The number of hydrogen-bond acceptors (Lipinski definition) is 3. The van der Waals surface area contributed by atoms with Crippen LogP contribution in [0.5, 0.6) is 0 Å². The molecule has 1 aliphatic heterocycles. The lowest BCUT2D eigenvalue weighted by atomic mass is 9.60. The van der Waals surface area contributed by atoms with Crippen LogP contribution in [0.4, 0.5) is 0 Å². The van der Waals surface area contributed by atoms with Gasteiger partial charge < -0.3 is 5.11 Å². The molecule has 0 fully saturated rings. The van der Waals surface area contributed by atoms with E-state index in [1.807, 2.05) is 6.92 Å². The molecule has 1 aromatic carbocycles. The van der Waals surface area contributed by atoms with Crippen LogP contribution in [0, 0.1) is 22.7 Å². The first kappa shape index (κ1) is 18.8. The van der Waals surface area contributed by atoms with Crippen molar-refractivity contribution in [1.29, 1.82) is 5.26 Å². The summed E-state index contributed by atoms with van der Waals surface area (Å²) in [4.78, 5) is 16.8. The average Bonchev–Trinajstić information content (AvgIpc) is 2.51. The zero-order chi connectivity index (χ0) is 18.1. The van der Waals surface area contributed by atoms with Crippen molar-refractivity contribution in [2.45, 2.75) is 45.6 Å². The van der Waals surface area contributed by atoms with E-state index >= 15 is 0 Å². The topological polar surface area (TPSA) is 73.5 Å². The van der Waals surface area contributed by atoms with Crippen molar-refractivity contribution in [2.75, 3.05) is 0 Å². The van der Waals surface area contributed by atoms with Crippen LogP contribution in [-0.2, 0) is 4.79 Å². The summed E-state index contributed by atoms with van der Waals surface area (Å²) < 4.78 is 0. The van der Waals surface area contributed by atoms with Gasteiger partial charge in [0, 0.05) is 21.7 Å². The number of aliphatic imine (C=N–C) groups is 1. The molecule has 0 radical (unpaired) electrons. The highest BCUT2D eigenvalue weighted by molar-refractivity contribution is 6.35.